The topological polar surface area (TPSA) is 100 Å². The molecule has 0 aromatic carbocycles. The number of hydrogen-bond acceptors (Lipinski definition) is 4. The van der Waals surface area contributed by atoms with Crippen molar-refractivity contribution in [1.82, 2.24) is 10.2 Å². The Labute approximate surface area is 88.9 Å². The minimum Gasteiger partial charge on any atom is -0.409 e. The second kappa shape index (κ2) is 7.86. The fourth-order valence-electron chi connectivity index (χ4n) is 0.974. The molecular formula is C8H18N4O3. The van der Waals surface area contributed by atoms with Crippen LogP contribution in [-0.2, 0) is 4.74 Å². The van der Waals surface area contributed by atoms with Crippen molar-refractivity contribution >= 4 is 11.9 Å². The lowest BCUT2D eigenvalue weighted by Crippen LogP contribution is -2.41. The summed E-state index contributed by atoms with van der Waals surface area (Å²) in [6.07, 6.45) is 0.327. The zero-order valence-corrected chi connectivity index (χ0v) is 9.06. The predicted octanol–water partition coefficient (Wildman–Crippen LogP) is -0.589. The molecule has 0 aliphatic rings. The monoisotopic (exact) mass is 218 g/mol. The minimum atomic E-state index is -0.210. The van der Waals surface area contributed by atoms with Crippen LogP contribution < -0.4 is 11.1 Å². The number of nitrogens with two attached hydrogens (primary N) is 1. The van der Waals surface area contributed by atoms with Gasteiger partial charge in [-0.15, -0.1) is 0 Å². The summed E-state index contributed by atoms with van der Waals surface area (Å²) in [7, 11) is 3.11. The summed E-state index contributed by atoms with van der Waals surface area (Å²) in [6.45, 7) is 1.30. The molecule has 88 valence electrons. The normalized spacial score (nSPS) is 11.2. The Hall–Kier alpha value is -1.50. The lowest BCUT2D eigenvalue weighted by Gasteiger charge is -2.21. The first-order valence-electron chi connectivity index (χ1n) is 4.57. The van der Waals surface area contributed by atoms with Crippen LogP contribution in [0.15, 0.2) is 5.16 Å². The van der Waals surface area contributed by atoms with Crippen LogP contribution in [0.4, 0.5) is 4.79 Å². The number of hydrogen-bond donors (Lipinski definition) is 3. The zero-order valence-electron chi connectivity index (χ0n) is 9.06. The van der Waals surface area contributed by atoms with Crippen LogP contribution in [0.1, 0.15) is 6.42 Å². The molecule has 0 aliphatic carbocycles. The molecule has 0 radical (unpaired) electrons. The molecule has 0 atom stereocenters. The van der Waals surface area contributed by atoms with Gasteiger partial charge < -0.3 is 25.9 Å². The smallest absolute Gasteiger partial charge is 0.317 e. The van der Waals surface area contributed by atoms with Gasteiger partial charge in [0.15, 0.2) is 0 Å². The summed E-state index contributed by atoms with van der Waals surface area (Å²) in [4.78, 5) is 12.9. The molecule has 0 saturated carbocycles. The highest BCUT2D eigenvalue weighted by Gasteiger charge is 2.11. The Kier molecular flexibility index (Phi) is 7.08. The molecule has 0 saturated heterocycles. The highest BCUT2D eigenvalue weighted by atomic mass is 16.5. The average Bonchev–Trinajstić information content (AvgIpc) is 2.27. The zero-order chi connectivity index (χ0) is 11.7. The van der Waals surface area contributed by atoms with Crippen LogP contribution in [0.3, 0.4) is 0 Å². The van der Waals surface area contributed by atoms with Gasteiger partial charge >= 0.3 is 6.03 Å². The van der Waals surface area contributed by atoms with E-state index in [2.05, 4.69) is 10.5 Å². The molecule has 15 heavy (non-hydrogen) atoms. The van der Waals surface area contributed by atoms with Crippen molar-refractivity contribution in [2.75, 3.05) is 33.9 Å². The second-order valence-corrected chi connectivity index (χ2v) is 2.88. The standard InChI is InChI=1S/C8H18N4O3/c1-10-8(13)12(5-6-15-2)4-3-7(9)11-14/h14H,3-6H2,1-2H3,(H2,9,11)(H,10,13). The molecule has 0 aromatic rings. The first-order valence-corrected chi connectivity index (χ1v) is 4.57. The number of amides is 2. The number of oxime groups is 1. The van der Waals surface area contributed by atoms with Crippen LogP contribution in [0.5, 0.6) is 0 Å². The number of carbonyl (C=O) groups excluding carboxylic acids is 1. The van der Waals surface area contributed by atoms with E-state index in [1.807, 2.05) is 0 Å². The van der Waals surface area contributed by atoms with Gasteiger partial charge in [-0.05, 0) is 0 Å². The van der Waals surface area contributed by atoms with Gasteiger partial charge in [0.1, 0.15) is 5.84 Å². The Bertz CT molecular complexity index is 220. The van der Waals surface area contributed by atoms with E-state index >= 15 is 0 Å². The molecule has 0 spiro atoms. The van der Waals surface area contributed by atoms with Gasteiger partial charge in [-0.3, -0.25) is 0 Å². The van der Waals surface area contributed by atoms with Crippen molar-refractivity contribution in [1.29, 1.82) is 0 Å². The van der Waals surface area contributed by atoms with Crippen LogP contribution in [0.2, 0.25) is 0 Å². The van der Waals surface area contributed by atoms with Crippen LogP contribution >= 0.6 is 0 Å². The van der Waals surface area contributed by atoms with Crippen LogP contribution in [0, 0.1) is 0 Å². The Morgan fingerprint density at radius 2 is 2.27 bits per heavy atom. The number of amidine groups is 1. The number of carbonyl (C=O) groups is 1. The molecule has 4 N–H and O–H groups in total. The van der Waals surface area contributed by atoms with Crippen molar-refractivity contribution < 1.29 is 14.7 Å². The van der Waals surface area contributed by atoms with Crippen LogP contribution in [0.25, 0.3) is 0 Å². The third kappa shape index (κ3) is 5.74. The third-order valence-corrected chi connectivity index (χ3v) is 1.83. The highest BCUT2D eigenvalue weighted by Crippen LogP contribution is 1.93. The summed E-state index contributed by atoms with van der Waals surface area (Å²) in [5, 5.41) is 13.7. The van der Waals surface area contributed by atoms with E-state index in [1.54, 1.807) is 14.2 Å². The minimum absolute atomic E-state index is 0.0984. The highest BCUT2D eigenvalue weighted by molar-refractivity contribution is 5.80. The number of nitrogens with one attached hydrogen (secondary N) is 1. The summed E-state index contributed by atoms with van der Waals surface area (Å²) < 4.78 is 4.87. The fourth-order valence-corrected chi connectivity index (χ4v) is 0.974. The SMILES string of the molecule is CNC(=O)N(CCOC)CCC(N)=NO. The van der Waals surface area contributed by atoms with Gasteiger partial charge in [-0.1, -0.05) is 5.16 Å². The van der Waals surface area contributed by atoms with E-state index in [4.69, 9.17) is 15.7 Å². The van der Waals surface area contributed by atoms with Gasteiger partial charge in [-0.25, -0.2) is 4.79 Å². The first-order chi connectivity index (χ1) is 7.15. The number of ether oxygens (including phenoxy) is 1. The maximum Gasteiger partial charge on any atom is 0.317 e. The van der Waals surface area contributed by atoms with Gasteiger partial charge in [0, 0.05) is 33.7 Å². The lowest BCUT2D eigenvalue weighted by molar-refractivity contribution is 0.151. The average molecular weight is 218 g/mol. The van der Waals surface area contributed by atoms with Gasteiger partial charge in [-0.2, -0.15) is 0 Å². The molecule has 0 aliphatic heterocycles. The molecular weight excluding hydrogens is 200 g/mol. The second-order valence-electron chi connectivity index (χ2n) is 2.88. The summed E-state index contributed by atoms with van der Waals surface area (Å²) in [5.41, 5.74) is 5.30. The first kappa shape index (κ1) is 13.5. The van der Waals surface area contributed by atoms with E-state index in [1.165, 1.54) is 4.90 Å². The van der Waals surface area contributed by atoms with Crippen molar-refractivity contribution in [2.24, 2.45) is 10.9 Å². The summed E-state index contributed by atoms with van der Waals surface area (Å²) in [5.74, 6) is 0.0984. The van der Waals surface area contributed by atoms with E-state index in [0.717, 1.165) is 0 Å². The Morgan fingerprint density at radius 3 is 2.73 bits per heavy atom. The molecule has 7 nitrogen and oxygen atoms in total. The number of methoxy groups -OCH3 is 1. The molecule has 0 fully saturated rings. The predicted molar refractivity (Wildman–Crippen MR) is 55.9 cm³/mol. The van der Waals surface area contributed by atoms with E-state index < -0.39 is 0 Å². The maximum absolute atomic E-state index is 11.3. The lowest BCUT2D eigenvalue weighted by atomic mass is 10.3. The van der Waals surface area contributed by atoms with Crippen molar-refractivity contribution in [3.63, 3.8) is 0 Å². The third-order valence-electron chi connectivity index (χ3n) is 1.83. The molecule has 0 unspecified atom stereocenters. The largest absolute Gasteiger partial charge is 0.409 e. The number of urea groups is 1. The van der Waals surface area contributed by atoms with E-state index in [0.29, 0.717) is 26.1 Å². The molecule has 0 heterocycles. The van der Waals surface area contributed by atoms with E-state index in [9.17, 15) is 4.79 Å². The number of nitrogens with zero attached hydrogens (tertiary/aromatic N) is 2. The van der Waals surface area contributed by atoms with Crippen molar-refractivity contribution in [2.45, 2.75) is 6.42 Å². The number of rotatable bonds is 6. The fraction of sp³-hybridized carbons (Fsp3) is 0.750. The molecule has 7 heteroatoms. The molecule has 0 rings (SSSR count). The molecule has 0 bridgehead atoms. The van der Waals surface area contributed by atoms with Gasteiger partial charge in [0.05, 0.1) is 6.61 Å². The Balaban J connectivity index is 4.06. The summed E-state index contributed by atoms with van der Waals surface area (Å²) in [6, 6.07) is -0.210. The van der Waals surface area contributed by atoms with E-state index in [-0.39, 0.29) is 11.9 Å². The van der Waals surface area contributed by atoms with Crippen molar-refractivity contribution in [3.05, 3.63) is 0 Å². The van der Waals surface area contributed by atoms with Crippen molar-refractivity contribution in [3.8, 4) is 0 Å². The van der Waals surface area contributed by atoms with Crippen LogP contribution in [-0.4, -0.2) is 55.8 Å². The van der Waals surface area contributed by atoms with Gasteiger partial charge in [0.25, 0.3) is 0 Å². The Morgan fingerprint density at radius 1 is 1.60 bits per heavy atom. The summed E-state index contributed by atoms with van der Waals surface area (Å²) >= 11 is 0. The maximum atomic E-state index is 11.3. The molecule has 0 aromatic heterocycles. The quantitative estimate of drug-likeness (QED) is 0.240. The molecule has 2 amide bonds. The van der Waals surface area contributed by atoms with Gasteiger partial charge in [0.2, 0.25) is 0 Å².